The number of carbonyl (C=O) groups excluding carboxylic acids is 1. The maximum Gasteiger partial charge on any atom is 0.222 e. The van der Waals surface area contributed by atoms with Crippen molar-refractivity contribution in [1.82, 2.24) is 14.8 Å². The van der Waals surface area contributed by atoms with Crippen LogP contribution < -0.4 is 4.90 Å². The van der Waals surface area contributed by atoms with Crippen molar-refractivity contribution in [2.24, 2.45) is 5.92 Å². The number of pyridine rings is 1. The van der Waals surface area contributed by atoms with Gasteiger partial charge in [-0.25, -0.2) is 4.98 Å². The fourth-order valence-electron chi connectivity index (χ4n) is 3.72. The first-order valence-electron chi connectivity index (χ1n) is 9.32. The summed E-state index contributed by atoms with van der Waals surface area (Å²) < 4.78 is 0. The molecular formula is C19H27N5O. The Balaban J connectivity index is 1.46. The van der Waals surface area contributed by atoms with Crippen molar-refractivity contribution in [1.29, 1.82) is 5.26 Å². The van der Waals surface area contributed by atoms with Gasteiger partial charge in [0.05, 0.1) is 0 Å². The molecule has 6 nitrogen and oxygen atoms in total. The van der Waals surface area contributed by atoms with Crippen LogP contribution in [-0.4, -0.2) is 66.5 Å². The molecule has 3 rings (SSSR count). The number of anilines is 1. The standard InChI is InChI=1S/C19H27N5O/c1-2-22-10-12-24(13-11-22)19(25)14-16-6-8-23(9-7-16)18-5-3-4-17(15-20)21-18/h3-5,16H,2,6-14H2,1H3. The van der Waals surface area contributed by atoms with Gasteiger partial charge < -0.3 is 14.7 Å². The Kier molecular flexibility index (Phi) is 5.87. The van der Waals surface area contributed by atoms with Crippen molar-refractivity contribution in [3.8, 4) is 6.07 Å². The van der Waals surface area contributed by atoms with E-state index in [-0.39, 0.29) is 0 Å². The average molecular weight is 341 g/mol. The number of carbonyl (C=O) groups is 1. The highest BCUT2D eigenvalue weighted by molar-refractivity contribution is 5.76. The summed E-state index contributed by atoms with van der Waals surface area (Å²) in [5.41, 5.74) is 0.459. The van der Waals surface area contributed by atoms with Crippen molar-refractivity contribution in [3.05, 3.63) is 23.9 Å². The van der Waals surface area contributed by atoms with Gasteiger partial charge in [-0.05, 0) is 37.4 Å². The third-order valence-corrected chi connectivity index (χ3v) is 5.42. The van der Waals surface area contributed by atoms with Crippen molar-refractivity contribution in [2.75, 3.05) is 50.7 Å². The van der Waals surface area contributed by atoms with Crippen molar-refractivity contribution in [3.63, 3.8) is 0 Å². The van der Waals surface area contributed by atoms with Gasteiger partial charge in [0.15, 0.2) is 0 Å². The third kappa shape index (κ3) is 4.49. The second-order valence-electron chi connectivity index (χ2n) is 6.94. The van der Waals surface area contributed by atoms with Crippen LogP contribution in [0.15, 0.2) is 18.2 Å². The number of hydrogen-bond acceptors (Lipinski definition) is 5. The van der Waals surface area contributed by atoms with Crippen LogP contribution in [0.2, 0.25) is 0 Å². The van der Waals surface area contributed by atoms with Gasteiger partial charge in [0, 0.05) is 45.7 Å². The Hall–Kier alpha value is -2.13. The van der Waals surface area contributed by atoms with E-state index in [2.05, 4.69) is 27.8 Å². The first-order chi connectivity index (χ1) is 12.2. The molecule has 25 heavy (non-hydrogen) atoms. The van der Waals surface area contributed by atoms with Crippen LogP contribution in [0.5, 0.6) is 0 Å². The second kappa shape index (κ2) is 8.30. The zero-order chi connectivity index (χ0) is 17.6. The van der Waals surface area contributed by atoms with Gasteiger partial charge in [-0.15, -0.1) is 0 Å². The summed E-state index contributed by atoms with van der Waals surface area (Å²) in [5.74, 6) is 1.66. The molecule has 0 radical (unpaired) electrons. The highest BCUT2D eigenvalue weighted by Crippen LogP contribution is 2.25. The minimum Gasteiger partial charge on any atom is -0.357 e. The minimum absolute atomic E-state index is 0.318. The van der Waals surface area contributed by atoms with Gasteiger partial charge in [-0.1, -0.05) is 13.0 Å². The Morgan fingerprint density at radius 1 is 1.20 bits per heavy atom. The summed E-state index contributed by atoms with van der Waals surface area (Å²) in [4.78, 5) is 23.6. The maximum absolute atomic E-state index is 12.5. The molecule has 0 unspecified atom stereocenters. The molecule has 0 aromatic carbocycles. The molecule has 0 N–H and O–H groups in total. The van der Waals surface area contributed by atoms with E-state index in [1.54, 1.807) is 6.07 Å². The molecule has 1 aromatic heterocycles. The van der Waals surface area contributed by atoms with Crippen LogP contribution in [-0.2, 0) is 4.79 Å². The number of amides is 1. The molecule has 2 saturated heterocycles. The minimum atomic E-state index is 0.318. The Morgan fingerprint density at radius 3 is 2.56 bits per heavy atom. The topological polar surface area (TPSA) is 63.5 Å². The summed E-state index contributed by atoms with van der Waals surface area (Å²) in [7, 11) is 0. The molecule has 2 fully saturated rings. The fourth-order valence-corrected chi connectivity index (χ4v) is 3.72. The number of hydrogen-bond donors (Lipinski definition) is 0. The molecule has 1 aromatic rings. The Labute approximate surface area is 150 Å². The van der Waals surface area contributed by atoms with Gasteiger partial charge in [0.2, 0.25) is 5.91 Å². The van der Waals surface area contributed by atoms with E-state index in [4.69, 9.17) is 5.26 Å². The number of nitrogens with zero attached hydrogens (tertiary/aromatic N) is 5. The molecule has 0 spiro atoms. The maximum atomic E-state index is 12.5. The van der Waals surface area contributed by atoms with Crippen LogP contribution in [0.1, 0.15) is 31.9 Å². The zero-order valence-corrected chi connectivity index (χ0v) is 15.0. The summed E-state index contributed by atoms with van der Waals surface area (Å²) in [6, 6.07) is 7.66. The summed E-state index contributed by atoms with van der Waals surface area (Å²) in [6.07, 6.45) is 2.70. The monoisotopic (exact) mass is 341 g/mol. The predicted molar refractivity (Wildman–Crippen MR) is 97.2 cm³/mol. The molecule has 0 saturated carbocycles. The molecule has 2 aliphatic rings. The molecule has 0 bridgehead atoms. The number of piperidine rings is 1. The van der Waals surface area contributed by atoms with Gasteiger partial charge in [-0.2, -0.15) is 5.26 Å². The molecule has 0 atom stereocenters. The van der Waals surface area contributed by atoms with E-state index in [1.807, 2.05) is 17.0 Å². The van der Waals surface area contributed by atoms with Crippen LogP contribution in [0.4, 0.5) is 5.82 Å². The summed E-state index contributed by atoms with van der Waals surface area (Å²) in [5, 5.41) is 8.98. The number of nitriles is 1. The lowest BCUT2D eigenvalue weighted by Crippen LogP contribution is -2.49. The number of likely N-dealkylation sites (N-methyl/N-ethyl adjacent to an activating group) is 1. The van der Waals surface area contributed by atoms with Crippen LogP contribution in [0, 0.1) is 17.2 Å². The smallest absolute Gasteiger partial charge is 0.222 e. The van der Waals surface area contributed by atoms with E-state index < -0.39 is 0 Å². The molecule has 1 amide bonds. The van der Waals surface area contributed by atoms with Gasteiger partial charge in [-0.3, -0.25) is 4.79 Å². The summed E-state index contributed by atoms with van der Waals surface area (Å²) in [6.45, 7) is 8.80. The molecule has 2 aliphatic heterocycles. The molecular weight excluding hydrogens is 314 g/mol. The molecule has 134 valence electrons. The van der Waals surface area contributed by atoms with E-state index in [9.17, 15) is 4.79 Å². The van der Waals surface area contributed by atoms with Crippen molar-refractivity contribution in [2.45, 2.75) is 26.2 Å². The lowest BCUT2D eigenvalue weighted by Gasteiger charge is -2.36. The normalized spacial score (nSPS) is 19.7. The molecule has 6 heteroatoms. The second-order valence-corrected chi connectivity index (χ2v) is 6.94. The fraction of sp³-hybridized carbons (Fsp3) is 0.632. The highest BCUT2D eigenvalue weighted by Gasteiger charge is 2.26. The lowest BCUT2D eigenvalue weighted by atomic mass is 9.93. The highest BCUT2D eigenvalue weighted by atomic mass is 16.2. The molecule has 0 aliphatic carbocycles. The quantitative estimate of drug-likeness (QED) is 0.834. The van der Waals surface area contributed by atoms with Gasteiger partial charge >= 0.3 is 0 Å². The lowest BCUT2D eigenvalue weighted by molar-refractivity contribution is -0.134. The molecule has 3 heterocycles. The van der Waals surface area contributed by atoms with Crippen LogP contribution in [0.3, 0.4) is 0 Å². The predicted octanol–water partition coefficient (Wildman–Crippen LogP) is 1.72. The Morgan fingerprint density at radius 2 is 1.92 bits per heavy atom. The van der Waals surface area contributed by atoms with Crippen molar-refractivity contribution < 1.29 is 4.79 Å². The van der Waals surface area contributed by atoms with Gasteiger partial charge in [0.1, 0.15) is 17.6 Å². The van der Waals surface area contributed by atoms with Gasteiger partial charge in [0.25, 0.3) is 0 Å². The van der Waals surface area contributed by atoms with Crippen LogP contribution in [0.25, 0.3) is 0 Å². The number of aromatic nitrogens is 1. The van der Waals surface area contributed by atoms with E-state index in [1.165, 1.54) is 0 Å². The SMILES string of the molecule is CCN1CCN(C(=O)CC2CCN(c3cccc(C#N)n3)CC2)CC1. The first-order valence-corrected chi connectivity index (χ1v) is 9.32. The Bertz CT molecular complexity index is 625. The van der Waals surface area contributed by atoms with E-state index in [0.717, 1.165) is 64.5 Å². The van der Waals surface area contributed by atoms with E-state index in [0.29, 0.717) is 23.9 Å². The number of piperazine rings is 1. The third-order valence-electron chi connectivity index (χ3n) is 5.42. The van der Waals surface area contributed by atoms with Crippen molar-refractivity contribution >= 4 is 11.7 Å². The largest absolute Gasteiger partial charge is 0.357 e. The zero-order valence-electron chi connectivity index (χ0n) is 15.0. The average Bonchev–Trinajstić information content (AvgIpc) is 2.68. The number of rotatable bonds is 4. The van der Waals surface area contributed by atoms with E-state index >= 15 is 0 Å². The first kappa shape index (κ1) is 17.7. The van der Waals surface area contributed by atoms with Crippen LogP contribution >= 0.6 is 0 Å². The summed E-state index contributed by atoms with van der Waals surface area (Å²) >= 11 is 0.